The highest BCUT2D eigenvalue weighted by atomic mass is 16.2. The number of nitrogens with zero attached hydrogens (tertiary/aromatic N) is 3. The Morgan fingerprint density at radius 1 is 0.925 bits per heavy atom. The van der Waals surface area contributed by atoms with Gasteiger partial charge in [-0.2, -0.15) is 5.10 Å². The smallest absolute Gasteiger partial charge is 0.254 e. The molecular formula is C34H40N4O2. The second kappa shape index (κ2) is 12.3. The van der Waals surface area contributed by atoms with Crippen LogP contribution in [-0.2, 0) is 10.2 Å². The molecule has 4 rings (SSSR count). The van der Waals surface area contributed by atoms with E-state index in [4.69, 9.17) is 5.10 Å². The van der Waals surface area contributed by atoms with E-state index in [9.17, 15) is 9.59 Å². The standard InChI is InChI=1S/C34H40N4O2/c1-7-8-20-37(33(40)27-15-17-28(18-16-27)34(4,5)6)23-32(39)35-31-22-29(26-12-10-9-11-13-26)36-38(31)30-19-14-24(2)21-25(30)3/h9-19,21-22H,7-8,20,23H2,1-6H3,(H,35,39). The van der Waals surface area contributed by atoms with Crippen molar-refractivity contribution < 1.29 is 9.59 Å². The first-order valence-corrected chi connectivity index (χ1v) is 14.0. The number of hydrogen-bond acceptors (Lipinski definition) is 3. The van der Waals surface area contributed by atoms with Gasteiger partial charge in [0.05, 0.1) is 11.4 Å². The number of aromatic nitrogens is 2. The molecule has 1 heterocycles. The van der Waals surface area contributed by atoms with Gasteiger partial charge in [0.1, 0.15) is 12.4 Å². The van der Waals surface area contributed by atoms with Gasteiger partial charge in [-0.1, -0.05) is 94.3 Å². The van der Waals surface area contributed by atoms with E-state index in [2.05, 4.69) is 46.0 Å². The van der Waals surface area contributed by atoms with Gasteiger partial charge >= 0.3 is 0 Å². The van der Waals surface area contributed by atoms with Crippen molar-refractivity contribution in [3.8, 4) is 16.9 Å². The maximum Gasteiger partial charge on any atom is 0.254 e. The lowest BCUT2D eigenvalue weighted by Crippen LogP contribution is -2.39. The van der Waals surface area contributed by atoms with Crippen LogP contribution in [0.1, 0.15) is 67.6 Å². The molecule has 1 aromatic heterocycles. The molecule has 0 radical (unpaired) electrons. The van der Waals surface area contributed by atoms with E-state index in [0.29, 0.717) is 17.9 Å². The zero-order chi connectivity index (χ0) is 28.9. The Morgan fingerprint density at radius 3 is 2.25 bits per heavy atom. The molecule has 6 nitrogen and oxygen atoms in total. The van der Waals surface area contributed by atoms with Crippen LogP contribution in [0.4, 0.5) is 5.82 Å². The number of hydrogen-bond donors (Lipinski definition) is 1. The molecule has 0 fully saturated rings. The lowest BCUT2D eigenvalue weighted by atomic mass is 9.86. The SMILES string of the molecule is CCCCN(CC(=O)Nc1cc(-c2ccccc2)nn1-c1ccc(C)cc1C)C(=O)c1ccc(C(C)(C)C)cc1. The number of aryl methyl sites for hydroxylation is 2. The second-order valence-electron chi connectivity index (χ2n) is 11.4. The van der Waals surface area contributed by atoms with E-state index in [0.717, 1.165) is 46.5 Å². The normalized spacial score (nSPS) is 11.3. The second-order valence-corrected chi connectivity index (χ2v) is 11.4. The van der Waals surface area contributed by atoms with Crippen LogP contribution in [0.25, 0.3) is 16.9 Å². The number of nitrogens with one attached hydrogen (secondary N) is 1. The zero-order valence-corrected chi connectivity index (χ0v) is 24.5. The monoisotopic (exact) mass is 536 g/mol. The number of carbonyl (C=O) groups excluding carboxylic acids is 2. The first kappa shape index (κ1) is 28.8. The van der Waals surface area contributed by atoms with Crippen molar-refractivity contribution in [3.05, 3.63) is 101 Å². The molecule has 1 N–H and O–H groups in total. The van der Waals surface area contributed by atoms with Gasteiger partial charge in [0.2, 0.25) is 5.91 Å². The summed E-state index contributed by atoms with van der Waals surface area (Å²) in [5, 5.41) is 7.91. The highest BCUT2D eigenvalue weighted by Crippen LogP contribution is 2.27. The Kier molecular flexibility index (Phi) is 8.88. The van der Waals surface area contributed by atoms with Crippen LogP contribution in [0, 0.1) is 13.8 Å². The maximum absolute atomic E-state index is 13.5. The number of carbonyl (C=O) groups is 2. The Labute approximate surface area is 238 Å². The van der Waals surface area contributed by atoms with Crippen molar-refractivity contribution in [2.24, 2.45) is 0 Å². The highest BCUT2D eigenvalue weighted by molar-refractivity contribution is 5.99. The molecular weight excluding hydrogens is 496 g/mol. The van der Waals surface area contributed by atoms with Crippen LogP contribution in [0.15, 0.2) is 78.9 Å². The van der Waals surface area contributed by atoms with Gasteiger partial charge < -0.3 is 10.2 Å². The lowest BCUT2D eigenvalue weighted by Gasteiger charge is -2.23. The molecule has 3 aromatic carbocycles. The summed E-state index contributed by atoms with van der Waals surface area (Å²) in [6, 6.07) is 25.6. The summed E-state index contributed by atoms with van der Waals surface area (Å²) in [4.78, 5) is 28.6. The van der Waals surface area contributed by atoms with Crippen molar-refractivity contribution in [1.82, 2.24) is 14.7 Å². The van der Waals surface area contributed by atoms with E-state index in [-0.39, 0.29) is 23.8 Å². The van der Waals surface area contributed by atoms with Crippen molar-refractivity contribution in [2.75, 3.05) is 18.4 Å². The van der Waals surface area contributed by atoms with E-state index in [1.807, 2.05) is 79.7 Å². The fourth-order valence-electron chi connectivity index (χ4n) is 4.70. The molecule has 0 aliphatic carbocycles. The molecule has 0 bridgehead atoms. The van der Waals surface area contributed by atoms with Crippen LogP contribution in [0.5, 0.6) is 0 Å². The van der Waals surface area contributed by atoms with Gasteiger partial charge in [0.25, 0.3) is 5.91 Å². The summed E-state index contributed by atoms with van der Waals surface area (Å²) < 4.78 is 1.78. The lowest BCUT2D eigenvalue weighted by molar-refractivity contribution is -0.117. The summed E-state index contributed by atoms with van der Waals surface area (Å²) in [6.07, 6.45) is 1.74. The van der Waals surface area contributed by atoms with Crippen molar-refractivity contribution in [2.45, 2.75) is 59.8 Å². The molecule has 0 saturated carbocycles. The van der Waals surface area contributed by atoms with Crippen LogP contribution >= 0.6 is 0 Å². The first-order valence-electron chi connectivity index (χ1n) is 14.0. The quantitative estimate of drug-likeness (QED) is 0.243. The topological polar surface area (TPSA) is 67.2 Å². The van der Waals surface area contributed by atoms with Crippen LogP contribution in [0.3, 0.4) is 0 Å². The minimum absolute atomic E-state index is 0.000713. The fourth-order valence-corrected chi connectivity index (χ4v) is 4.70. The van der Waals surface area contributed by atoms with Crippen LogP contribution in [0.2, 0.25) is 0 Å². The molecule has 6 heteroatoms. The molecule has 2 amide bonds. The largest absolute Gasteiger partial charge is 0.329 e. The Hall–Kier alpha value is -4.19. The number of benzene rings is 3. The van der Waals surface area contributed by atoms with Gasteiger partial charge in [-0.15, -0.1) is 0 Å². The van der Waals surface area contributed by atoms with Gasteiger partial charge in [-0.25, -0.2) is 4.68 Å². The third-order valence-electron chi connectivity index (χ3n) is 7.03. The Morgan fingerprint density at radius 2 is 1.62 bits per heavy atom. The molecule has 0 atom stereocenters. The number of amides is 2. The third-order valence-corrected chi connectivity index (χ3v) is 7.03. The molecule has 0 aliphatic heterocycles. The Bertz CT molecular complexity index is 1460. The summed E-state index contributed by atoms with van der Waals surface area (Å²) in [6.45, 7) is 13.1. The average Bonchev–Trinajstić information content (AvgIpc) is 3.34. The highest BCUT2D eigenvalue weighted by Gasteiger charge is 2.22. The minimum atomic E-state index is -0.263. The molecule has 4 aromatic rings. The van der Waals surface area contributed by atoms with Gasteiger partial charge in [-0.3, -0.25) is 9.59 Å². The molecule has 0 spiro atoms. The summed E-state index contributed by atoms with van der Waals surface area (Å²) in [5.74, 6) is 0.159. The van der Waals surface area contributed by atoms with E-state index < -0.39 is 0 Å². The predicted octanol–water partition coefficient (Wildman–Crippen LogP) is 7.33. The maximum atomic E-state index is 13.5. The van der Waals surface area contributed by atoms with E-state index in [1.165, 1.54) is 0 Å². The first-order chi connectivity index (χ1) is 19.1. The Balaban J connectivity index is 1.60. The third kappa shape index (κ3) is 6.87. The average molecular weight is 537 g/mol. The molecule has 0 aliphatic rings. The minimum Gasteiger partial charge on any atom is -0.329 e. The van der Waals surface area contributed by atoms with E-state index in [1.54, 1.807) is 9.58 Å². The van der Waals surface area contributed by atoms with E-state index >= 15 is 0 Å². The summed E-state index contributed by atoms with van der Waals surface area (Å²) in [5.41, 5.74) is 6.56. The van der Waals surface area contributed by atoms with Crippen molar-refractivity contribution >= 4 is 17.6 Å². The van der Waals surface area contributed by atoms with Gasteiger partial charge in [-0.05, 0) is 55.0 Å². The zero-order valence-electron chi connectivity index (χ0n) is 24.5. The van der Waals surface area contributed by atoms with Gasteiger partial charge in [0.15, 0.2) is 0 Å². The number of unbranched alkanes of at least 4 members (excludes halogenated alkanes) is 1. The van der Waals surface area contributed by atoms with Crippen molar-refractivity contribution in [3.63, 3.8) is 0 Å². The fraction of sp³-hybridized carbons (Fsp3) is 0.324. The van der Waals surface area contributed by atoms with Crippen LogP contribution in [-0.4, -0.2) is 39.6 Å². The molecule has 0 saturated heterocycles. The van der Waals surface area contributed by atoms with Crippen LogP contribution < -0.4 is 5.32 Å². The van der Waals surface area contributed by atoms with Crippen molar-refractivity contribution in [1.29, 1.82) is 0 Å². The summed E-state index contributed by atoms with van der Waals surface area (Å²) >= 11 is 0. The number of anilines is 1. The predicted molar refractivity (Wildman–Crippen MR) is 163 cm³/mol. The molecule has 208 valence electrons. The van der Waals surface area contributed by atoms with Gasteiger partial charge in [0, 0.05) is 23.7 Å². The molecule has 40 heavy (non-hydrogen) atoms. The molecule has 0 unspecified atom stereocenters. The summed E-state index contributed by atoms with van der Waals surface area (Å²) in [7, 11) is 0. The number of rotatable bonds is 9.